The highest BCUT2D eigenvalue weighted by Gasteiger charge is 2.33. The average molecular weight is 241 g/mol. The second kappa shape index (κ2) is 5.52. The van der Waals surface area contributed by atoms with Crippen molar-refractivity contribution in [3.63, 3.8) is 0 Å². The minimum atomic E-state index is -0.961. The van der Waals surface area contributed by atoms with Crippen LogP contribution in [0.15, 0.2) is 0 Å². The molecule has 98 valence electrons. The summed E-state index contributed by atoms with van der Waals surface area (Å²) in [5.74, 6) is -0.638. The zero-order valence-corrected chi connectivity index (χ0v) is 11.0. The number of carbonyl (C=O) groups excluding carboxylic acids is 1. The van der Waals surface area contributed by atoms with Gasteiger partial charge in [-0.2, -0.15) is 0 Å². The molecule has 17 heavy (non-hydrogen) atoms. The Morgan fingerprint density at radius 1 is 1.29 bits per heavy atom. The molecule has 1 rings (SSSR count). The van der Waals surface area contributed by atoms with Crippen LogP contribution in [0.1, 0.15) is 52.9 Å². The highest BCUT2D eigenvalue weighted by atomic mass is 16.4. The van der Waals surface area contributed by atoms with Crippen LogP contribution in [0.2, 0.25) is 0 Å². The molecule has 0 aromatic rings. The molecule has 0 bridgehead atoms. The quantitative estimate of drug-likeness (QED) is 0.792. The number of aliphatic carboxylic acids is 1. The molecule has 4 nitrogen and oxygen atoms in total. The number of hydrogen-bond acceptors (Lipinski definition) is 2. The van der Waals surface area contributed by atoms with Crippen molar-refractivity contribution >= 4 is 11.9 Å². The minimum absolute atomic E-state index is 0.126. The Morgan fingerprint density at radius 2 is 1.82 bits per heavy atom. The third kappa shape index (κ3) is 4.36. The van der Waals surface area contributed by atoms with Gasteiger partial charge in [-0.1, -0.05) is 33.6 Å². The molecule has 1 amide bonds. The molecule has 1 aliphatic carbocycles. The molecule has 1 saturated carbocycles. The lowest BCUT2D eigenvalue weighted by atomic mass is 9.86. The molecular formula is C13H23NO3. The Bertz CT molecular complexity index is 288. The van der Waals surface area contributed by atoms with Crippen molar-refractivity contribution in [2.24, 2.45) is 11.3 Å². The van der Waals surface area contributed by atoms with E-state index in [0.29, 0.717) is 12.3 Å². The summed E-state index contributed by atoms with van der Waals surface area (Å²) in [5.41, 5.74) is -0.461. The summed E-state index contributed by atoms with van der Waals surface area (Å²) < 4.78 is 0. The minimum Gasteiger partial charge on any atom is -0.480 e. The maximum Gasteiger partial charge on any atom is 0.326 e. The fraction of sp³-hybridized carbons (Fsp3) is 0.846. The van der Waals surface area contributed by atoms with E-state index in [0.717, 1.165) is 12.8 Å². The van der Waals surface area contributed by atoms with Gasteiger partial charge >= 0.3 is 5.97 Å². The summed E-state index contributed by atoms with van der Waals surface area (Å²) in [5, 5.41) is 11.7. The van der Waals surface area contributed by atoms with Gasteiger partial charge < -0.3 is 10.4 Å². The van der Waals surface area contributed by atoms with E-state index in [2.05, 4.69) is 5.32 Å². The number of carbonyl (C=O) groups is 2. The first-order valence-electron chi connectivity index (χ1n) is 6.33. The Hall–Kier alpha value is -1.06. The Kier molecular flexibility index (Phi) is 4.54. The fourth-order valence-corrected chi connectivity index (χ4v) is 2.35. The molecule has 4 heteroatoms. The van der Waals surface area contributed by atoms with Crippen LogP contribution >= 0.6 is 0 Å². The van der Waals surface area contributed by atoms with Crippen LogP contribution in [-0.4, -0.2) is 23.0 Å². The summed E-state index contributed by atoms with van der Waals surface area (Å²) in [4.78, 5) is 22.9. The second-order valence-corrected chi connectivity index (χ2v) is 6.06. The van der Waals surface area contributed by atoms with Crippen LogP contribution in [0.3, 0.4) is 0 Å². The van der Waals surface area contributed by atoms with Crippen molar-refractivity contribution in [1.82, 2.24) is 5.32 Å². The lowest BCUT2D eigenvalue weighted by molar-refractivity contribution is -0.145. The lowest BCUT2D eigenvalue weighted by Crippen LogP contribution is -2.49. The van der Waals surface area contributed by atoms with Gasteiger partial charge in [0.05, 0.1) is 0 Å². The lowest BCUT2D eigenvalue weighted by Gasteiger charge is -2.28. The predicted molar refractivity (Wildman–Crippen MR) is 65.6 cm³/mol. The van der Waals surface area contributed by atoms with Crippen LogP contribution in [0.4, 0.5) is 0 Å². The zero-order chi connectivity index (χ0) is 13.1. The Balaban J connectivity index is 2.49. The maximum absolute atomic E-state index is 11.8. The van der Waals surface area contributed by atoms with Gasteiger partial charge in [0.2, 0.25) is 5.91 Å². The van der Waals surface area contributed by atoms with E-state index in [1.54, 1.807) is 0 Å². The van der Waals surface area contributed by atoms with Crippen LogP contribution in [0.5, 0.6) is 0 Å². The first-order chi connectivity index (χ1) is 7.80. The van der Waals surface area contributed by atoms with Gasteiger partial charge in [0, 0.05) is 6.42 Å². The topological polar surface area (TPSA) is 66.4 Å². The van der Waals surface area contributed by atoms with Crippen LogP contribution in [0, 0.1) is 11.3 Å². The van der Waals surface area contributed by atoms with Gasteiger partial charge in [-0.05, 0) is 24.2 Å². The van der Waals surface area contributed by atoms with Gasteiger partial charge in [0.15, 0.2) is 0 Å². The van der Waals surface area contributed by atoms with Gasteiger partial charge in [0.25, 0.3) is 0 Å². The van der Waals surface area contributed by atoms with Crippen LogP contribution < -0.4 is 5.32 Å². The van der Waals surface area contributed by atoms with E-state index < -0.39 is 17.4 Å². The Labute approximate surface area is 103 Å². The largest absolute Gasteiger partial charge is 0.480 e. The number of carboxylic acids is 1. The van der Waals surface area contributed by atoms with Crippen LogP contribution in [-0.2, 0) is 9.59 Å². The predicted octanol–water partition coefficient (Wildman–Crippen LogP) is 2.18. The summed E-state index contributed by atoms with van der Waals surface area (Å²) >= 11 is 0. The SMILES string of the molecule is CC(C)(C)[C@@H](NC(=O)CC1CCCC1)C(=O)O. The maximum atomic E-state index is 11.8. The molecule has 0 unspecified atom stereocenters. The van der Waals surface area contributed by atoms with E-state index in [4.69, 9.17) is 5.11 Å². The van der Waals surface area contributed by atoms with Crippen molar-refractivity contribution in [3.8, 4) is 0 Å². The van der Waals surface area contributed by atoms with E-state index in [-0.39, 0.29) is 5.91 Å². The second-order valence-electron chi connectivity index (χ2n) is 6.06. The third-order valence-corrected chi connectivity index (χ3v) is 3.37. The molecule has 0 radical (unpaired) electrons. The zero-order valence-electron chi connectivity index (χ0n) is 11.0. The molecular weight excluding hydrogens is 218 g/mol. The molecule has 0 saturated heterocycles. The average Bonchev–Trinajstić information content (AvgIpc) is 2.64. The van der Waals surface area contributed by atoms with Gasteiger partial charge in [0.1, 0.15) is 6.04 Å². The fourth-order valence-electron chi connectivity index (χ4n) is 2.35. The van der Waals surface area contributed by atoms with Crippen molar-refractivity contribution in [2.75, 3.05) is 0 Å². The number of carboxylic acid groups (broad SMARTS) is 1. The smallest absolute Gasteiger partial charge is 0.326 e. The van der Waals surface area contributed by atoms with E-state index in [1.807, 2.05) is 20.8 Å². The molecule has 0 heterocycles. The van der Waals surface area contributed by atoms with E-state index in [1.165, 1.54) is 12.8 Å². The summed E-state index contributed by atoms with van der Waals surface area (Å²) in [6.45, 7) is 5.46. The summed E-state index contributed by atoms with van der Waals surface area (Å²) in [7, 11) is 0. The van der Waals surface area contributed by atoms with E-state index in [9.17, 15) is 9.59 Å². The monoisotopic (exact) mass is 241 g/mol. The first-order valence-corrected chi connectivity index (χ1v) is 6.33. The first kappa shape index (κ1) is 14.0. The highest BCUT2D eigenvalue weighted by molar-refractivity contribution is 5.84. The number of rotatable bonds is 4. The highest BCUT2D eigenvalue weighted by Crippen LogP contribution is 2.27. The molecule has 1 aliphatic rings. The number of hydrogen-bond donors (Lipinski definition) is 2. The van der Waals surface area contributed by atoms with Crippen molar-refractivity contribution in [3.05, 3.63) is 0 Å². The van der Waals surface area contributed by atoms with Crippen LogP contribution in [0.25, 0.3) is 0 Å². The van der Waals surface area contributed by atoms with Gasteiger partial charge in [-0.3, -0.25) is 4.79 Å². The van der Waals surface area contributed by atoms with Gasteiger partial charge in [-0.25, -0.2) is 4.79 Å². The van der Waals surface area contributed by atoms with Crippen molar-refractivity contribution < 1.29 is 14.7 Å². The summed E-state index contributed by atoms with van der Waals surface area (Å²) in [6.07, 6.45) is 5.06. The van der Waals surface area contributed by atoms with Crippen molar-refractivity contribution in [2.45, 2.75) is 58.9 Å². The number of amides is 1. The third-order valence-electron chi connectivity index (χ3n) is 3.37. The molecule has 0 aromatic heterocycles. The molecule has 2 N–H and O–H groups in total. The number of nitrogens with one attached hydrogen (secondary N) is 1. The summed E-state index contributed by atoms with van der Waals surface area (Å²) in [6, 6.07) is -0.809. The molecule has 1 fully saturated rings. The standard InChI is InChI=1S/C13H23NO3/c1-13(2,3)11(12(16)17)14-10(15)8-9-6-4-5-7-9/h9,11H,4-8H2,1-3H3,(H,14,15)(H,16,17)/t11-/m0/s1. The molecule has 0 spiro atoms. The molecule has 1 atom stereocenters. The Morgan fingerprint density at radius 3 is 2.24 bits per heavy atom. The van der Waals surface area contributed by atoms with Gasteiger partial charge in [-0.15, -0.1) is 0 Å². The van der Waals surface area contributed by atoms with Crippen molar-refractivity contribution in [1.29, 1.82) is 0 Å². The molecule has 0 aromatic carbocycles. The molecule has 0 aliphatic heterocycles. The van der Waals surface area contributed by atoms with E-state index >= 15 is 0 Å². The normalized spacial score (nSPS) is 19.0.